The molecule has 0 spiro atoms. The predicted octanol–water partition coefficient (Wildman–Crippen LogP) is 9.77. The maximum absolute atomic E-state index is 13.6. The fraction of sp³-hybridized carbons (Fsp3) is 0.135. The summed E-state index contributed by atoms with van der Waals surface area (Å²) in [5.41, 5.74) is 4.34. The minimum absolute atomic E-state index is 0.0923. The topological polar surface area (TPSA) is 100 Å². The number of carbonyl (C=O) groups is 3. The van der Waals surface area contributed by atoms with Crippen LogP contribution in [0.5, 0.6) is 0 Å². The molecule has 48 heavy (non-hydrogen) atoms. The minimum Gasteiger partial charge on any atom is -0.321 e. The second-order valence-electron chi connectivity index (χ2n) is 11.1. The molecule has 4 aromatic carbocycles. The van der Waals surface area contributed by atoms with Crippen LogP contribution in [-0.4, -0.2) is 28.0 Å². The van der Waals surface area contributed by atoms with E-state index in [1.807, 2.05) is 41.8 Å². The van der Waals surface area contributed by atoms with Crippen LogP contribution in [0.15, 0.2) is 113 Å². The van der Waals surface area contributed by atoms with Gasteiger partial charge in [0.15, 0.2) is 5.13 Å². The Bertz CT molecular complexity index is 1960. The molecule has 5 aromatic rings. The summed E-state index contributed by atoms with van der Waals surface area (Å²) >= 11 is 15.0. The molecule has 0 saturated heterocycles. The number of thiazole rings is 1. The van der Waals surface area contributed by atoms with Crippen molar-refractivity contribution in [2.24, 2.45) is 0 Å². The van der Waals surface area contributed by atoms with E-state index in [1.54, 1.807) is 73.7 Å². The molecule has 0 aliphatic heterocycles. The van der Waals surface area contributed by atoms with Crippen LogP contribution in [0.2, 0.25) is 10.0 Å². The maximum Gasteiger partial charge on any atom is 0.272 e. The van der Waals surface area contributed by atoms with Gasteiger partial charge in [0.1, 0.15) is 5.70 Å². The highest BCUT2D eigenvalue weighted by Crippen LogP contribution is 2.33. The van der Waals surface area contributed by atoms with Crippen molar-refractivity contribution in [2.45, 2.75) is 36.8 Å². The number of carbonyl (C=O) groups excluding carboxylic acids is 3. The van der Waals surface area contributed by atoms with Crippen LogP contribution in [0.4, 0.5) is 10.8 Å². The molecule has 0 radical (unpaired) electrons. The van der Waals surface area contributed by atoms with Crippen molar-refractivity contribution in [1.29, 1.82) is 0 Å². The van der Waals surface area contributed by atoms with Crippen LogP contribution in [0.1, 0.15) is 48.2 Å². The number of amides is 3. The Morgan fingerprint density at radius 3 is 2.31 bits per heavy atom. The van der Waals surface area contributed by atoms with Gasteiger partial charge in [0.2, 0.25) is 5.91 Å². The van der Waals surface area contributed by atoms with E-state index in [-0.39, 0.29) is 11.6 Å². The summed E-state index contributed by atoms with van der Waals surface area (Å²) in [7, 11) is 0. The van der Waals surface area contributed by atoms with E-state index in [4.69, 9.17) is 23.2 Å². The predicted molar refractivity (Wildman–Crippen MR) is 199 cm³/mol. The Hall–Kier alpha value is -4.41. The molecule has 0 saturated carbocycles. The van der Waals surface area contributed by atoms with Gasteiger partial charge in [-0.15, -0.1) is 23.1 Å². The highest BCUT2D eigenvalue weighted by Gasteiger charge is 2.19. The third-order valence-corrected chi connectivity index (χ3v) is 9.56. The van der Waals surface area contributed by atoms with Crippen LogP contribution in [0.3, 0.4) is 0 Å². The van der Waals surface area contributed by atoms with Crippen LogP contribution in [-0.2, 0) is 9.59 Å². The molecule has 11 heteroatoms. The molecular formula is C37H32Cl2N4O3S2. The fourth-order valence-corrected chi connectivity index (χ4v) is 6.69. The molecule has 1 unspecified atom stereocenters. The summed E-state index contributed by atoms with van der Waals surface area (Å²) in [5.74, 6) is -0.749. The molecule has 0 aliphatic rings. The maximum atomic E-state index is 13.6. The highest BCUT2D eigenvalue weighted by atomic mass is 35.5. The van der Waals surface area contributed by atoms with Crippen LogP contribution in [0, 0.1) is 0 Å². The number of nitrogens with zero attached hydrogens (tertiary/aromatic N) is 1. The molecule has 3 N–H and O–H groups in total. The van der Waals surface area contributed by atoms with Crippen molar-refractivity contribution in [3.63, 3.8) is 0 Å². The molecule has 1 heterocycles. The number of benzene rings is 4. The number of hydrogen-bond donors (Lipinski definition) is 3. The second kappa shape index (κ2) is 16.1. The van der Waals surface area contributed by atoms with Crippen molar-refractivity contribution < 1.29 is 14.4 Å². The Morgan fingerprint density at radius 2 is 1.60 bits per heavy atom. The van der Waals surface area contributed by atoms with Crippen molar-refractivity contribution >= 4 is 80.9 Å². The van der Waals surface area contributed by atoms with Crippen molar-refractivity contribution in [1.82, 2.24) is 10.3 Å². The van der Waals surface area contributed by atoms with E-state index >= 15 is 0 Å². The summed E-state index contributed by atoms with van der Waals surface area (Å²) in [6.07, 6.45) is 1.65. The van der Waals surface area contributed by atoms with E-state index in [9.17, 15) is 14.4 Å². The van der Waals surface area contributed by atoms with Gasteiger partial charge in [-0.2, -0.15) is 0 Å². The Kier molecular flexibility index (Phi) is 11.7. The van der Waals surface area contributed by atoms with Crippen molar-refractivity contribution in [2.75, 3.05) is 10.6 Å². The lowest BCUT2D eigenvalue weighted by molar-refractivity contribution is -0.115. The summed E-state index contributed by atoms with van der Waals surface area (Å²) in [5, 5.41) is 11.3. The summed E-state index contributed by atoms with van der Waals surface area (Å²) in [6, 6.07) is 28.9. The van der Waals surface area contributed by atoms with Gasteiger partial charge >= 0.3 is 0 Å². The Morgan fingerprint density at radius 1 is 0.854 bits per heavy atom. The van der Waals surface area contributed by atoms with Crippen molar-refractivity contribution in [3.05, 3.63) is 135 Å². The van der Waals surface area contributed by atoms with E-state index in [1.165, 1.54) is 28.7 Å². The standard InChI is InChI=1S/C37H32Cl2N4O3S2/c1-22(2)25-14-12-24(13-15-25)18-32(41-35(45)26-8-5-4-6-9-26)36(46)40-28-10-7-11-29(20-28)48-23(3)34(44)43-37-42-33(21-47-37)30-17-16-27(38)19-31(30)39/h4-23H,1-3H3,(H,40,46)(H,41,45)(H,42,43,44)/b32-18+. The average Bonchev–Trinajstić information content (AvgIpc) is 3.53. The van der Waals surface area contributed by atoms with E-state index in [0.29, 0.717) is 38.0 Å². The normalized spacial score (nSPS) is 12.0. The molecule has 1 atom stereocenters. The lowest BCUT2D eigenvalue weighted by atomic mass is 10.0. The zero-order valence-corrected chi connectivity index (χ0v) is 29.4. The molecule has 244 valence electrons. The molecule has 5 rings (SSSR count). The molecule has 7 nitrogen and oxygen atoms in total. The minimum atomic E-state index is -0.486. The van der Waals surface area contributed by atoms with Gasteiger partial charge in [0.05, 0.1) is 16.0 Å². The lowest BCUT2D eigenvalue weighted by Crippen LogP contribution is -2.30. The monoisotopic (exact) mass is 714 g/mol. The SMILES string of the molecule is CC(Sc1cccc(NC(=O)/C(=C\c2ccc(C(C)C)cc2)NC(=O)c2ccccc2)c1)C(=O)Nc1nc(-c2ccc(Cl)cc2Cl)cs1. The lowest BCUT2D eigenvalue weighted by Gasteiger charge is -2.14. The van der Waals surface area contributed by atoms with E-state index in [0.717, 1.165) is 16.0 Å². The van der Waals surface area contributed by atoms with Gasteiger partial charge in [-0.1, -0.05) is 85.6 Å². The Labute approximate surface area is 297 Å². The number of halogens is 2. The first kappa shape index (κ1) is 34.9. The molecule has 0 fully saturated rings. The molecule has 3 amide bonds. The van der Waals surface area contributed by atoms with E-state index < -0.39 is 17.1 Å². The number of nitrogens with one attached hydrogen (secondary N) is 3. The van der Waals surface area contributed by atoms with E-state index in [2.05, 4.69) is 34.8 Å². The number of anilines is 2. The summed E-state index contributed by atoms with van der Waals surface area (Å²) < 4.78 is 0. The quantitative estimate of drug-likeness (QED) is 0.0934. The first-order valence-electron chi connectivity index (χ1n) is 15.0. The molecule has 0 aliphatic carbocycles. The Balaban J connectivity index is 1.26. The van der Waals surface area contributed by atoms with Crippen molar-refractivity contribution in [3.8, 4) is 11.3 Å². The smallest absolute Gasteiger partial charge is 0.272 e. The number of hydrogen-bond acceptors (Lipinski definition) is 6. The van der Waals surface area contributed by atoms with Gasteiger partial charge in [-0.25, -0.2) is 4.98 Å². The van der Waals surface area contributed by atoms with Gasteiger partial charge in [0.25, 0.3) is 11.8 Å². The van der Waals surface area contributed by atoms with Crippen LogP contribution in [0.25, 0.3) is 17.3 Å². The summed E-state index contributed by atoms with van der Waals surface area (Å²) in [6.45, 7) is 6.01. The van der Waals surface area contributed by atoms with Gasteiger partial charge in [-0.3, -0.25) is 14.4 Å². The number of rotatable bonds is 11. The molecular weight excluding hydrogens is 683 g/mol. The first-order chi connectivity index (χ1) is 23.0. The number of aromatic nitrogens is 1. The number of thioether (sulfide) groups is 1. The summed E-state index contributed by atoms with van der Waals surface area (Å²) in [4.78, 5) is 44.9. The zero-order chi connectivity index (χ0) is 34.2. The third-order valence-electron chi connectivity index (χ3n) is 7.16. The second-order valence-corrected chi connectivity index (χ2v) is 14.2. The zero-order valence-electron chi connectivity index (χ0n) is 26.3. The van der Waals surface area contributed by atoms with Gasteiger partial charge < -0.3 is 16.0 Å². The van der Waals surface area contributed by atoms with Gasteiger partial charge in [0, 0.05) is 32.1 Å². The highest BCUT2D eigenvalue weighted by molar-refractivity contribution is 8.00. The molecule has 1 aromatic heterocycles. The van der Waals surface area contributed by atoms with Crippen LogP contribution >= 0.6 is 46.3 Å². The van der Waals surface area contributed by atoms with Gasteiger partial charge in [-0.05, 0) is 78.6 Å². The van der Waals surface area contributed by atoms with Crippen LogP contribution < -0.4 is 16.0 Å². The largest absolute Gasteiger partial charge is 0.321 e. The average molecular weight is 716 g/mol. The molecule has 0 bridgehead atoms. The fourth-order valence-electron chi connectivity index (χ4n) is 4.55. The third kappa shape index (κ3) is 9.35. The first-order valence-corrected chi connectivity index (χ1v) is 17.5.